The molecule has 0 aromatic rings. The number of hydrogen-bond acceptors (Lipinski definition) is 1. The minimum absolute atomic E-state index is 0.106. The predicted molar refractivity (Wildman–Crippen MR) is 41.0 cm³/mol. The predicted octanol–water partition coefficient (Wildman–Crippen LogP) is 1.53. The molecule has 0 aromatic carbocycles. The van der Waals surface area contributed by atoms with Gasteiger partial charge in [0.15, 0.2) is 0 Å². The van der Waals surface area contributed by atoms with Gasteiger partial charge >= 0.3 is 5.97 Å². The summed E-state index contributed by atoms with van der Waals surface area (Å²) in [5, 5.41) is 8.87. The minimum Gasteiger partial charge on any atom is -0.481 e. The molecule has 0 aliphatic heterocycles. The fourth-order valence-corrected chi connectivity index (χ4v) is 2.48. The van der Waals surface area contributed by atoms with Gasteiger partial charge in [0.05, 0.1) is 5.92 Å². The highest BCUT2D eigenvalue weighted by atomic mass is 16.4. The standard InChI is InChI=1S/C9H12O2/c1-5-6-2-3-7(4-6)8(5)9(10)11/h2-3,5-8H,4H2,1H3,(H,10,11)/t5-,6+,7+,8-/m0/s1. The maximum Gasteiger partial charge on any atom is 0.307 e. The van der Waals surface area contributed by atoms with Crippen molar-refractivity contribution in [2.24, 2.45) is 23.7 Å². The molecule has 0 saturated heterocycles. The first-order valence-electron chi connectivity index (χ1n) is 4.11. The third-order valence-corrected chi connectivity index (χ3v) is 3.14. The van der Waals surface area contributed by atoms with E-state index in [-0.39, 0.29) is 5.92 Å². The lowest BCUT2D eigenvalue weighted by molar-refractivity contribution is -0.144. The first-order chi connectivity index (χ1) is 5.20. The molecular weight excluding hydrogens is 140 g/mol. The average Bonchev–Trinajstić information content (AvgIpc) is 2.44. The summed E-state index contributed by atoms with van der Waals surface area (Å²) in [7, 11) is 0. The summed E-state index contributed by atoms with van der Waals surface area (Å²) in [6.45, 7) is 2.05. The van der Waals surface area contributed by atoms with Crippen molar-refractivity contribution in [3.63, 3.8) is 0 Å². The second-order valence-electron chi connectivity index (χ2n) is 3.67. The van der Waals surface area contributed by atoms with Crippen LogP contribution in [0.15, 0.2) is 12.2 Å². The number of allylic oxidation sites excluding steroid dienone is 2. The van der Waals surface area contributed by atoms with Crippen molar-refractivity contribution in [3.8, 4) is 0 Å². The molecule has 11 heavy (non-hydrogen) atoms. The van der Waals surface area contributed by atoms with Gasteiger partial charge in [0.2, 0.25) is 0 Å². The van der Waals surface area contributed by atoms with Gasteiger partial charge in [-0.1, -0.05) is 19.1 Å². The van der Waals surface area contributed by atoms with Crippen LogP contribution in [0.4, 0.5) is 0 Å². The molecule has 60 valence electrons. The topological polar surface area (TPSA) is 37.3 Å². The molecule has 0 heterocycles. The zero-order valence-electron chi connectivity index (χ0n) is 6.53. The first kappa shape index (κ1) is 6.89. The average molecular weight is 152 g/mol. The quantitative estimate of drug-likeness (QED) is 0.578. The highest BCUT2D eigenvalue weighted by Gasteiger charge is 2.45. The molecular formula is C9H12O2. The molecule has 2 aliphatic rings. The lowest BCUT2D eigenvalue weighted by Gasteiger charge is -2.19. The number of carboxylic acid groups (broad SMARTS) is 1. The highest BCUT2D eigenvalue weighted by Crippen LogP contribution is 2.47. The van der Waals surface area contributed by atoms with Crippen LogP contribution in [0.5, 0.6) is 0 Å². The molecule has 0 unspecified atom stereocenters. The summed E-state index contributed by atoms with van der Waals surface area (Å²) >= 11 is 0. The molecule has 1 fully saturated rings. The second-order valence-corrected chi connectivity index (χ2v) is 3.67. The lowest BCUT2D eigenvalue weighted by atomic mass is 9.85. The lowest BCUT2D eigenvalue weighted by Crippen LogP contribution is -2.25. The van der Waals surface area contributed by atoms with E-state index in [1.807, 2.05) is 6.92 Å². The van der Waals surface area contributed by atoms with Crippen LogP contribution < -0.4 is 0 Å². The Kier molecular flexibility index (Phi) is 1.31. The van der Waals surface area contributed by atoms with E-state index in [1.165, 1.54) is 0 Å². The molecule has 2 aliphatic carbocycles. The molecule has 0 amide bonds. The summed E-state index contributed by atoms with van der Waals surface area (Å²) in [5.41, 5.74) is 0. The van der Waals surface area contributed by atoms with Crippen molar-refractivity contribution in [1.29, 1.82) is 0 Å². The van der Waals surface area contributed by atoms with Gasteiger partial charge in [-0.2, -0.15) is 0 Å². The van der Waals surface area contributed by atoms with Gasteiger partial charge in [0, 0.05) is 0 Å². The Labute approximate surface area is 65.9 Å². The van der Waals surface area contributed by atoms with E-state index in [0.717, 1.165) is 6.42 Å². The minimum atomic E-state index is -0.616. The maximum absolute atomic E-state index is 10.8. The molecule has 2 nitrogen and oxygen atoms in total. The zero-order valence-corrected chi connectivity index (χ0v) is 6.53. The number of carbonyl (C=O) groups is 1. The van der Waals surface area contributed by atoms with Gasteiger partial charge < -0.3 is 5.11 Å². The van der Waals surface area contributed by atoms with Crippen LogP contribution in [0, 0.1) is 23.7 Å². The Balaban J connectivity index is 2.25. The first-order valence-corrected chi connectivity index (χ1v) is 4.11. The van der Waals surface area contributed by atoms with Crippen molar-refractivity contribution in [1.82, 2.24) is 0 Å². The van der Waals surface area contributed by atoms with E-state index in [4.69, 9.17) is 5.11 Å². The molecule has 2 bridgehead atoms. The van der Waals surface area contributed by atoms with Crippen LogP contribution in [-0.4, -0.2) is 11.1 Å². The van der Waals surface area contributed by atoms with Crippen LogP contribution in [-0.2, 0) is 4.79 Å². The molecule has 2 rings (SSSR count). The van der Waals surface area contributed by atoms with E-state index in [0.29, 0.717) is 17.8 Å². The fraction of sp³-hybridized carbons (Fsp3) is 0.667. The number of rotatable bonds is 1. The van der Waals surface area contributed by atoms with Gasteiger partial charge in [-0.15, -0.1) is 0 Å². The van der Waals surface area contributed by atoms with Crippen LogP contribution in [0.2, 0.25) is 0 Å². The Morgan fingerprint density at radius 3 is 2.45 bits per heavy atom. The molecule has 1 saturated carbocycles. The summed E-state index contributed by atoms with van der Waals surface area (Å²) in [4.78, 5) is 10.8. The summed E-state index contributed by atoms with van der Waals surface area (Å²) in [5.74, 6) is 0.496. The van der Waals surface area contributed by atoms with E-state index in [1.54, 1.807) is 0 Å². The van der Waals surface area contributed by atoms with Gasteiger partial charge in [-0.05, 0) is 24.2 Å². The SMILES string of the molecule is C[C@@H]1[C@H](C(=O)O)[C@@H]2C=C[C@@H]1C2. The number of hydrogen-bond donors (Lipinski definition) is 1. The number of fused-ring (bicyclic) bond motifs is 2. The van der Waals surface area contributed by atoms with E-state index < -0.39 is 5.97 Å². The molecule has 0 radical (unpaired) electrons. The largest absolute Gasteiger partial charge is 0.481 e. The zero-order chi connectivity index (χ0) is 8.01. The van der Waals surface area contributed by atoms with Gasteiger partial charge in [-0.25, -0.2) is 0 Å². The maximum atomic E-state index is 10.8. The van der Waals surface area contributed by atoms with E-state index in [9.17, 15) is 4.79 Å². The summed E-state index contributed by atoms with van der Waals surface area (Å²) < 4.78 is 0. The molecule has 2 heteroatoms. The van der Waals surface area contributed by atoms with Crippen LogP contribution in [0.25, 0.3) is 0 Å². The van der Waals surface area contributed by atoms with Crippen LogP contribution >= 0.6 is 0 Å². The van der Waals surface area contributed by atoms with Gasteiger partial charge in [-0.3, -0.25) is 4.79 Å². The van der Waals surface area contributed by atoms with E-state index in [2.05, 4.69) is 12.2 Å². The summed E-state index contributed by atoms with van der Waals surface area (Å²) in [6.07, 6.45) is 5.32. The van der Waals surface area contributed by atoms with Crippen LogP contribution in [0.1, 0.15) is 13.3 Å². The van der Waals surface area contributed by atoms with E-state index >= 15 is 0 Å². The Bertz CT molecular complexity index is 220. The number of aliphatic carboxylic acids is 1. The van der Waals surface area contributed by atoms with Gasteiger partial charge in [0.25, 0.3) is 0 Å². The van der Waals surface area contributed by atoms with Crippen molar-refractivity contribution in [3.05, 3.63) is 12.2 Å². The van der Waals surface area contributed by atoms with Gasteiger partial charge in [0.1, 0.15) is 0 Å². The highest BCUT2D eigenvalue weighted by molar-refractivity contribution is 5.72. The molecule has 0 aromatic heterocycles. The van der Waals surface area contributed by atoms with Crippen molar-refractivity contribution >= 4 is 5.97 Å². The van der Waals surface area contributed by atoms with Crippen LogP contribution in [0.3, 0.4) is 0 Å². The molecule has 1 N–H and O–H groups in total. The normalized spacial score (nSPS) is 46.6. The molecule has 0 spiro atoms. The second kappa shape index (κ2) is 2.10. The fourth-order valence-electron chi connectivity index (χ4n) is 2.48. The Morgan fingerprint density at radius 1 is 1.45 bits per heavy atom. The van der Waals surface area contributed by atoms with Crippen molar-refractivity contribution in [2.45, 2.75) is 13.3 Å². The van der Waals surface area contributed by atoms with Crippen molar-refractivity contribution in [2.75, 3.05) is 0 Å². The summed E-state index contributed by atoms with van der Waals surface area (Å²) in [6, 6.07) is 0. The number of carboxylic acids is 1. The monoisotopic (exact) mass is 152 g/mol. The third-order valence-electron chi connectivity index (χ3n) is 3.14. The Morgan fingerprint density at radius 2 is 2.09 bits per heavy atom. The van der Waals surface area contributed by atoms with Crippen molar-refractivity contribution < 1.29 is 9.90 Å². The third kappa shape index (κ3) is 0.817. The molecule has 4 atom stereocenters. The Hall–Kier alpha value is -0.790. The smallest absolute Gasteiger partial charge is 0.307 e.